The molecule has 3 atom stereocenters. The maximum atomic E-state index is 12.3. The van der Waals surface area contributed by atoms with Gasteiger partial charge < -0.3 is 25.7 Å². The van der Waals surface area contributed by atoms with Crippen molar-refractivity contribution in [3.05, 3.63) is 0 Å². The van der Waals surface area contributed by atoms with Crippen LogP contribution in [-0.2, 0) is 9.59 Å². The minimum atomic E-state index is -1.15. The summed E-state index contributed by atoms with van der Waals surface area (Å²) in [5.41, 5.74) is 5.23. The quantitative estimate of drug-likeness (QED) is 0.568. The third-order valence-corrected chi connectivity index (χ3v) is 3.64. The molecule has 0 aromatic carbocycles. The van der Waals surface area contributed by atoms with E-state index < -0.39 is 36.1 Å². The summed E-state index contributed by atoms with van der Waals surface area (Å²) in [5.74, 6) is -1.74. The smallest absolute Gasteiger partial charge is 0.326 e. The first-order chi connectivity index (χ1) is 8.91. The summed E-state index contributed by atoms with van der Waals surface area (Å²) < 4.78 is 0. The average molecular weight is 271 g/mol. The Balaban J connectivity index is 2.14. The Kier molecular flexibility index (Phi) is 3.61. The second kappa shape index (κ2) is 5.04. The van der Waals surface area contributed by atoms with Gasteiger partial charge in [-0.15, -0.1) is 0 Å². The number of carbonyl (C=O) groups excluding carboxylic acids is 2. The van der Waals surface area contributed by atoms with Crippen LogP contribution in [0.25, 0.3) is 0 Å². The van der Waals surface area contributed by atoms with Crippen molar-refractivity contribution in [2.24, 2.45) is 5.73 Å². The van der Waals surface area contributed by atoms with Gasteiger partial charge in [0.2, 0.25) is 5.91 Å². The summed E-state index contributed by atoms with van der Waals surface area (Å²) in [4.78, 5) is 37.0. The zero-order chi connectivity index (χ0) is 14.2. The molecular formula is C11H17N3O5. The normalized spacial score (nSPS) is 30.7. The molecule has 2 aliphatic heterocycles. The number of nitrogens with two attached hydrogens (primary N) is 1. The van der Waals surface area contributed by atoms with Gasteiger partial charge in [0.05, 0.1) is 6.10 Å². The minimum Gasteiger partial charge on any atom is -0.480 e. The molecule has 2 fully saturated rings. The molecule has 8 heteroatoms. The first-order valence-corrected chi connectivity index (χ1v) is 6.19. The van der Waals surface area contributed by atoms with E-state index in [1.807, 2.05) is 0 Å². The average Bonchev–Trinajstić information content (AvgIpc) is 2.93. The van der Waals surface area contributed by atoms with Crippen molar-refractivity contribution in [2.45, 2.75) is 37.5 Å². The molecule has 8 nitrogen and oxygen atoms in total. The maximum Gasteiger partial charge on any atom is 0.326 e. The van der Waals surface area contributed by atoms with E-state index in [0.717, 1.165) is 4.90 Å². The van der Waals surface area contributed by atoms with E-state index in [1.165, 1.54) is 4.90 Å². The Morgan fingerprint density at radius 3 is 2.42 bits per heavy atom. The van der Waals surface area contributed by atoms with E-state index in [9.17, 15) is 19.5 Å². The van der Waals surface area contributed by atoms with Crippen molar-refractivity contribution in [3.8, 4) is 0 Å². The molecule has 2 saturated heterocycles. The van der Waals surface area contributed by atoms with Crippen molar-refractivity contribution >= 4 is 17.9 Å². The molecule has 2 rings (SSSR count). The van der Waals surface area contributed by atoms with Crippen molar-refractivity contribution in [2.75, 3.05) is 13.1 Å². The number of amides is 3. The molecule has 0 aliphatic carbocycles. The second-order valence-electron chi connectivity index (χ2n) is 4.93. The number of primary amides is 1. The van der Waals surface area contributed by atoms with Gasteiger partial charge in [0, 0.05) is 19.5 Å². The zero-order valence-corrected chi connectivity index (χ0v) is 10.4. The minimum absolute atomic E-state index is 0.0101. The maximum absolute atomic E-state index is 12.3. The lowest BCUT2D eigenvalue weighted by Gasteiger charge is -2.30. The largest absolute Gasteiger partial charge is 0.480 e. The van der Waals surface area contributed by atoms with E-state index in [2.05, 4.69) is 0 Å². The van der Waals surface area contributed by atoms with Gasteiger partial charge in [-0.05, 0) is 12.8 Å². The molecule has 106 valence electrons. The number of nitrogens with zero attached hydrogens (tertiary/aromatic N) is 2. The summed E-state index contributed by atoms with van der Waals surface area (Å²) in [6, 6.07) is -2.26. The van der Waals surface area contributed by atoms with Crippen LogP contribution in [0.4, 0.5) is 4.79 Å². The van der Waals surface area contributed by atoms with Crippen molar-refractivity contribution in [1.29, 1.82) is 0 Å². The lowest BCUT2D eigenvalue weighted by molar-refractivity contribution is -0.141. The van der Waals surface area contributed by atoms with Gasteiger partial charge in [0.25, 0.3) is 0 Å². The first-order valence-electron chi connectivity index (χ1n) is 6.19. The Hall–Kier alpha value is -1.83. The third kappa shape index (κ3) is 2.48. The molecule has 0 aromatic heterocycles. The highest BCUT2D eigenvalue weighted by Gasteiger charge is 2.43. The number of aliphatic hydroxyl groups is 1. The standard InChI is InChI=1S/C11H17N3O5/c12-9(16)7-2-1-3-13(7)11(19)14-5-6(15)4-8(14)10(17)18/h6-8,15H,1-5H2,(H2,12,16)(H,17,18)/t6?,7?,8-/m0/s1. The SMILES string of the molecule is NC(=O)C1CCCN1C(=O)N1CC(O)C[C@H]1C(=O)O. The number of hydrogen-bond donors (Lipinski definition) is 3. The molecule has 2 heterocycles. The number of carbonyl (C=O) groups is 3. The van der Waals surface area contributed by atoms with E-state index in [-0.39, 0.29) is 13.0 Å². The van der Waals surface area contributed by atoms with Gasteiger partial charge in [0.15, 0.2) is 0 Å². The fourth-order valence-corrected chi connectivity index (χ4v) is 2.72. The van der Waals surface area contributed by atoms with Crippen LogP contribution in [0.15, 0.2) is 0 Å². The van der Waals surface area contributed by atoms with Gasteiger partial charge in [-0.2, -0.15) is 0 Å². The number of likely N-dealkylation sites (tertiary alicyclic amines) is 2. The number of carboxylic acid groups (broad SMARTS) is 1. The van der Waals surface area contributed by atoms with Crippen LogP contribution in [0, 0.1) is 0 Å². The molecule has 3 amide bonds. The fraction of sp³-hybridized carbons (Fsp3) is 0.727. The highest BCUT2D eigenvalue weighted by molar-refractivity contribution is 5.89. The monoisotopic (exact) mass is 271 g/mol. The van der Waals surface area contributed by atoms with Crippen LogP contribution in [0.5, 0.6) is 0 Å². The summed E-state index contributed by atoms with van der Waals surface area (Å²) >= 11 is 0. The van der Waals surface area contributed by atoms with Crippen LogP contribution in [0.1, 0.15) is 19.3 Å². The van der Waals surface area contributed by atoms with Crippen LogP contribution >= 0.6 is 0 Å². The molecule has 0 bridgehead atoms. The molecule has 0 saturated carbocycles. The number of aliphatic carboxylic acids is 1. The van der Waals surface area contributed by atoms with E-state index in [1.54, 1.807) is 0 Å². The fourth-order valence-electron chi connectivity index (χ4n) is 2.72. The van der Waals surface area contributed by atoms with Gasteiger partial charge in [-0.1, -0.05) is 0 Å². The Morgan fingerprint density at radius 1 is 1.16 bits per heavy atom. The van der Waals surface area contributed by atoms with Crippen molar-refractivity contribution in [3.63, 3.8) is 0 Å². The molecule has 0 aromatic rings. The van der Waals surface area contributed by atoms with Gasteiger partial charge in [0.1, 0.15) is 12.1 Å². The number of carboxylic acids is 1. The van der Waals surface area contributed by atoms with Gasteiger partial charge in [-0.3, -0.25) is 4.79 Å². The predicted molar refractivity (Wildman–Crippen MR) is 63.1 cm³/mol. The number of urea groups is 1. The predicted octanol–water partition coefficient (Wildman–Crippen LogP) is -1.42. The molecule has 19 heavy (non-hydrogen) atoms. The molecule has 2 unspecified atom stereocenters. The number of aliphatic hydroxyl groups excluding tert-OH is 1. The highest BCUT2D eigenvalue weighted by Crippen LogP contribution is 2.24. The molecule has 0 radical (unpaired) electrons. The summed E-state index contributed by atoms with van der Waals surface area (Å²) in [6.45, 7) is 0.350. The van der Waals surface area contributed by atoms with E-state index >= 15 is 0 Å². The van der Waals surface area contributed by atoms with Crippen LogP contribution in [0.3, 0.4) is 0 Å². The van der Waals surface area contributed by atoms with Crippen molar-refractivity contribution in [1.82, 2.24) is 9.80 Å². The molecule has 0 spiro atoms. The summed E-state index contributed by atoms with van der Waals surface area (Å²) in [6.07, 6.45) is 0.318. The number of rotatable bonds is 2. The lowest BCUT2D eigenvalue weighted by atomic mass is 10.2. The zero-order valence-electron chi connectivity index (χ0n) is 10.4. The molecule has 2 aliphatic rings. The van der Waals surface area contributed by atoms with Crippen LogP contribution in [-0.4, -0.2) is 69.2 Å². The number of β-amino-alcohol motifs (C(OH)–C–C–N with tert-alkyl or cyclic N) is 1. The first kappa shape index (κ1) is 13.6. The Bertz CT molecular complexity index is 413. The van der Waals surface area contributed by atoms with Crippen LogP contribution in [0.2, 0.25) is 0 Å². The van der Waals surface area contributed by atoms with Gasteiger partial charge in [-0.25, -0.2) is 9.59 Å². The highest BCUT2D eigenvalue weighted by atomic mass is 16.4. The third-order valence-electron chi connectivity index (χ3n) is 3.64. The second-order valence-corrected chi connectivity index (χ2v) is 4.93. The lowest BCUT2D eigenvalue weighted by Crippen LogP contribution is -2.52. The van der Waals surface area contributed by atoms with Crippen molar-refractivity contribution < 1.29 is 24.6 Å². The molecule has 4 N–H and O–H groups in total. The Labute approximate surface area is 109 Å². The summed E-state index contributed by atoms with van der Waals surface area (Å²) in [5, 5.41) is 18.6. The Morgan fingerprint density at radius 2 is 1.84 bits per heavy atom. The molecular weight excluding hydrogens is 254 g/mol. The van der Waals surface area contributed by atoms with Crippen LogP contribution < -0.4 is 5.73 Å². The summed E-state index contributed by atoms with van der Waals surface area (Å²) in [7, 11) is 0. The van der Waals surface area contributed by atoms with E-state index in [4.69, 9.17) is 10.8 Å². The number of hydrogen-bond acceptors (Lipinski definition) is 4. The van der Waals surface area contributed by atoms with Gasteiger partial charge >= 0.3 is 12.0 Å². The van der Waals surface area contributed by atoms with E-state index in [0.29, 0.717) is 19.4 Å². The topological polar surface area (TPSA) is 124 Å².